The fraction of sp³-hybridized carbons (Fsp3) is 0. The molecule has 1 aromatic rings. The maximum atomic E-state index is 4.61. The molecule has 0 saturated heterocycles. The van der Waals surface area contributed by atoms with Crippen LogP contribution in [0.25, 0.3) is 0 Å². The summed E-state index contributed by atoms with van der Waals surface area (Å²) >= 11 is 3.13. The Morgan fingerprint density at radius 1 is 1.83 bits per heavy atom. The molecule has 0 bridgehead atoms. The highest BCUT2D eigenvalue weighted by Gasteiger charge is 1.79. The molecule has 0 atom stereocenters. The Bertz CT molecular complexity index is 111. The van der Waals surface area contributed by atoms with Crippen LogP contribution in [-0.4, -0.2) is 0 Å². The SMILES string of the molecule is Brc1[c]coc1. The highest BCUT2D eigenvalue weighted by molar-refractivity contribution is 9.10. The largest absolute Gasteiger partial charge is 0.471 e. The van der Waals surface area contributed by atoms with Gasteiger partial charge in [0.1, 0.15) is 6.26 Å². The van der Waals surface area contributed by atoms with Gasteiger partial charge < -0.3 is 4.42 Å². The van der Waals surface area contributed by atoms with Gasteiger partial charge in [-0.2, -0.15) is 0 Å². The summed E-state index contributed by atoms with van der Waals surface area (Å²) in [5.74, 6) is 0. The van der Waals surface area contributed by atoms with Crippen molar-refractivity contribution in [1.82, 2.24) is 0 Å². The predicted octanol–water partition coefficient (Wildman–Crippen LogP) is 1.84. The molecule has 0 spiro atoms. The minimum Gasteiger partial charge on any atom is -0.471 e. The molecule has 0 aliphatic carbocycles. The van der Waals surface area contributed by atoms with E-state index < -0.39 is 0 Å². The number of halogens is 1. The van der Waals surface area contributed by atoms with Gasteiger partial charge in [0.25, 0.3) is 0 Å². The minimum absolute atomic E-state index is 0.863. The van der Waals surface area contributed by atoms with E-state index in [1.807, 2.05) is 0 Å². The first-order valence-electron chi connectivity index (χ1n) is 1.49. The lowest BCUT2D eigenvalue weighted by atomic mass is 10.7. The number of furan rings is 1. The molecule has 1 heterocycles. The van der Waals surface area contributed by atoms with Crippen molar-refractivity contribution in [3.63, 3.8) is 0 Å². The van der Waals surface area contributed by atoms with Gasteiger partial charge in [0.15, 0.2) is 0 Å². The third-order valence-electron chi connectivity index (χ3n) is 0.436. The topological polar surface area (TPSA) is 13.1 Å². The highest BCUT2D eigenvalue weighted by Crippen LogP contribution is 2.05. The Morgan fingerprint density at radius 3 is 2.83 bits per heavy atom. The molecule has 6 heavy (non-hydrogen) atoms. The molecular weight excluding hydrogens is 144 g/mol. The van der Waals surface area contributed by atoms with Crippen molar-refractivity contribution >= 4 is 15.9 Å². The van der Waals surface area contributed by atoms with Crippen LogP contribution in [0.4, 0.5) is 0 Å². The van der Waals surface area contributed by atoms with E-state index >= 15 is 0 Å². The second-order valence-electron chi connectivity index (χ2n) is 0.864. The van der Waals surface area contributed by atoms with Crippen LogP contribution in [0.5, 0.6) is 0 Å². The molecule has 0 saturated carbocycles. The van der Waals surface area contributed by atoms with Crippen molar-refractivity contribution in [2.24, 2.45) is 0 Å². The van der Waals surface area contributed by atoms with Gasteiger partial charge in [0, 0.05) is 6.07 Å². The summed E-state index contributed by atoms with van der Waals surface area (Å²) in [7, 11) is 0. The Labute approximate surface area is 44.1 Å². The van der Waals surface area contributed by atoms with Crippen molar-refractivity contribution in [1.29, 1.82) is 0 Å². The fourth-order valence-corrected chi connectivity index (χ4v) is 0.419. The molecule has 1 rings (SSSR count). The van der Waals surface area contributed by atoms with Crippen LogP contribution in [0.1, 0.15) is 0 Å². The minimum atomic E-state index is 0.863. The fourth-order valence-electron chi connectivity index (χ4n) is 0.218. The van der Waals surface area contributed by atoms with Gasteiger partial charge >= 0.3 is 0 Å². The first-order valence-corrected chi connectivity index (χ1v) is 2.28. The van der Waals surface area contributed by atoms with Crippen LogP contribution in [0.3, 0.4) is 0 Å². The van der Waals surface area contributed by atoms with E-state index in [0.717, 1.165) is 4.47 Å². The van der Waals surface area contributed by atoms with Crippen LogP contribution < -0.4 is 0 Å². The molecule has 1 radical (unpaired) electrons. The Balaban J connectivity index is 3.05. The van der Waals surface area contributed by atoms with Crippen molar-refractivity contribution < 1.29 is 4.42 Å². The van der Waals surface area contributed by atoms with Crippen molar-refractivity contribution in [2.45, 2.75) is 0 Å². The van der Waals surface area contributed by atoms with Gasteiger partial charge in [-0.05, 0) is 15.9 Å². The summed E-state index contributed by atoms with van der Waals surface area (Å²) in [6.45, 7) is 0. The third kappa shape index (κ3) is 0.627. The summed E-state index contributed by atoms with van der Waals surface area (Å²) in [6, 6.07) is 2.75. The van der Waals surface area contributed by atoms with Crippen LogP contribution >= 0.6 is 15.9 Å². The molecule has 31 valence electrons. The van der Waals surface area contributed by atoms with Gasteiger partial charge in [-0.15, -0.1) is 0 Å². The Kier molecular flexibility index (Phi) is 0.965. The van der Waals surface area contributed by atoms with Crippen LogP contribution in [0, 0.1) is 6.07 Å². The molecule has 1 nitrogen and oxygen atoms in total. The zero-order valence-electron chi connectivity index (χ0n) is 2.94. The third-order valence-corrected chi connectivity index (χ3v) is 0.852. The molecule has 0 N–H and O–H groups in total. The molecule has 0 fully saturated rings. The molecule has 0 aliphatic heterocycles. The van der Waals surface area contributed by atoms with Crippen molar-refractivity contribution in [3.05, 3.63) is 23.1 Å². The highest BCUT2D eigenvalue weighted by atomic mass is 79.9. The van der Waals surface area contributed by atoms with E-state index in [2.05, 4.69) is 26.4 Å². The predicted molar refractivity (Wildman–Crippen MR) is 25.2 cm³/mol. The molecule has 0 aromatic carbocycles. The second-order valence-corrected chi connectivity index (χ2v) is 1.72. The number of rotatable bonds is 0. The van der Waals surface area contributed by atoms with E-state index in [1.54, 1.807) is 6.26 Å². The summed E-state index contributed by atoms with van der Waals surface area (Å²) in [4.78, 5) is 0. The molecule has 2 heteroatoms. The van der Waals surface area contributed by atoms with Crippen molar-refractivity contribution in [2.75, 3.05) is 0 Å². The summed E-state index contributed by atoms with van der Waals surface area (Å²) < 4.78 is 5.48. The smallest absolute Gasteiger partial charge is 0.105 e. The quantitative estimate of drug-likeness (QED) is 0.544. The Hall–Kier alpha value is -0.240. The van der Waals surface area contributed by atoms with Gasteiger partial charge in [-0.1, -0.05) is 0 Å². The zero-order valence-corrected chi connectivity index (χ0v) is 4.53. The monoisotopic (exact) mass is 145 g/mol. The zero-order chi connectivity index (χ0) is 4.41. The second kappa shape index (κ2) is 1.47. The van der Waals surface area contributed by atoms with Gasteiger partial charge in [0.05, 0.1) is 10.7 Å². The van der Waals surface area contributed by atoms with Crippen LogP contribution in [-0.2, 0) is 0 Å². The standard InChI is InChI=1S/C4H2BrO/c5-4-1-2-6-3-4/h2-3H. The molecule has 0 unspecified atom stereocenters. The lowest BCUT2D eigenvalue weighted by Gasteiger charge is -1.59. The van der Waals surface area contributed by atoms with Gasteiger partial charge in [-0.25, -0.2) is 0 Å². The first-order chi connectivity index (χ1) is 2.89. The first kappa shape index (κ1) is 3.93. The van der Waals surface area contributed by atoms with Crippen LogP contribution in [0.15, 0.2) is 21.4 Å². The van der Waals surface area contributed by atoms with Gasteiger partial charge in [-0.3, -0.25) is 0 Å². The van der Waals surface area contributed by atoms with E-state index in [-0.39, 0.29) is 0 Å². The molecule has 1 aromatic heterocycles. The average Bonchev–Trinajstić information content (AvgIpc) is 1.86. The lowest BCUT2D eigenvalue weighted by Crippen LogP contribution is -1.37. The number of hydrogen-bond acceptors (Lipinski definition) is 1. The maximum absolute atomic E-state index is 4.61. The molecular formula is C4H2BrO. The molecule has 0 aliphatic rings. The van der Waals surface area contributed by atoms with Crippen molar-refractivity contribution in [3.8, 4) is 0 Å². The number of hydrogen-bond donors (Lipinski definition) is 0. The van der Waals surface area contributed by atoms with E-state index in [1.165, 1.54) is 6.26 Å². The average molecular weight is 146 g/mol. The van der Waals surface area contributed by atoms with E-state index in [9.17, 15) is 0 Å². The lowest BCUT2D eigenvalue weighted by molar-refractivity contribution is 0.565. The normalized spacial score (nSPS) is 8.83. The van der Waals surface area contributed by atoms with Gasteiger partial charge in [0.2, 0.25) is 0 Å². The van der Waals surface area contributed by atoms with Crippen LogP contribution in [0.2, 0.25) is 0 Å². The maximum Gasteiger partial charge on any atom is 0.105 e. The van der Waals surface area contributed by atoms with E-state index in [0.29, 0.717) is 0 Å². The molecule has 0 amide bonds. The summed E-state index contributed by atoms with van der Waals surface area (Å²) in [6.07, 6.45) is 3.06. The van der Waals surface area contributed by atoms with E-state index in [4.69, 9.17) is 0 Å². The summed E-state index contributed by atoms with van der Waals surface area (Å²) in [5, 5.41) is 0. The summed E-state index contributed by atoms with van der Waals surface area (Å²) in [5.41, 5.74) is 0. The Morgan fingerprint density at radius 2 is 2.67 bits per heavy atom.